The van der Waals surface area contributed by atoms with Gasteiger partial charge < -0.3 is 5.11 Å². The highest BCUT2D eigenvalue weighted by atomic mass is 32.2. The Bertz CT molecular complexity index is 121. The number of hydrogen-bond donors (Lipinski definition) is 1. The number of thioether (sulfide) groups is 1. The molecule has 0 aromatic carbocycles. The predicted molar refractivity (Wildman–Crippen MR) is 60.2 cm³/mol. The van der Waals surface area contributed by atoms with Gasteiger partial charge in [-0.1, -0.05) is 19.8 Å². The molecule has 1 fully saturated rings. The van der Waals surface area contributed by atoms with Gasteiger partial charge in [-0.05, 0) is 43.1 Å². The Morgan fingerprint density at radius 3 is 2.69 bits per heavy atom. The molecule has 0 spiro atoms. The van der Waals surface area contributed by atoms with Gasteiger partial charge in [0.1, 0.15) is 0 Å². The first kappa shape index (κ1) is 11.4. The quantitative estimate of drug-likeness (QED) is 0.668. The summed E-state index contributed by atoms with van der Waals surface area (Å²) in [7, 11) is 0. The van der Waals surface area contributed by atoms with E-state index >= 15 is 0 Å². The van der Waals surface area contributed by atoms with Crippen molar-refractivity contribution in [1.29, 1.82) is 0 Å². The summed E-state index contributed by atoms with van der Waals surface area (Å²) in [6.07, 6.45) is 7.43. The molecule has 13 heavy (non-hydrogen) atoms. The molecule has 0 bridgehead atoms. The van der Waals surface area contributed by atoms with E-state index in [9.17, 15) is 5.11 Å². The van der Waals surface area contributed by atoms with E-state index in [4.69, 9.17) is 0 Å². The van der Waals surface area contributed by atoms with E-state index in [2.05, 4.69) is 6.92 Å². The molecule has 0 heterocycles. The summed E-state index contributed by atoms with van der Waals surface area (Å²) in [4.78, 5) is 0. The number of rotatable bonds is 6. The van der Waals surface area contributed by atoms with Crippen LogP contribution in [0.2, 0.25) is 0 Å². The molecule has 1 N–H and O–H groups in total. The molecule has 1 atom stereocenters. The van der Waals surface area contributed by atoms with Gasteiger partial charge in [-0.25, -0.2) is 0 Å². The van der Waals surface area contributed by atoms with Crippen LogP contribution in [-0.2, 0) is 0 Å². The lowest BCUT2D eigenvalue weighted by Crippen LogP contribution is -2.17. The first-order valence-electron chi connectivity index (χ1n) is 5.60. The predicted octanol–water partition coefficient (Wildman–Crippen LogP) is 3.07. The topological polar surface area (TPSA) is 20.2 Å². The van der Waals surface area contributed by atoms with Crippen LogP contribution in [-0.4, -0.2) is 22.7 Å². The normalized spacial score (nSPS) is 20.8. The third kappa shape index (κ3) is 4.37. The molecule has 2 heteroatoms. The lowest BCUT2D eigenvalue weighted by Gasteiger charge is -2.16. The average molecular weight is 202 g/mol. The summed E-state index contributed by atoms with van der Waals surface area (Å²) in [5.74, 6) is 3.06. The molecule has 0 amide bonds. The van der Waals surface area contributed by atoms with E-state index in [1.54, 1.807) is 0 Å². The second kappa shape index (κ2) is 6.72. The first-order valence-corrected chi connectivity index (χ1v) is 6.76. The average Bonchev–Trinajstić information content (AvgIpc) is 2.65. The van der Waals surface area contributed by atoms with Gasteiger partial charge in [0.05, 0.1) is 6.10 Å². The molecule has 0 saturated heterocycles. The SMILES string of the molecule is CCSCCCC(O)C1CCCC1. The van der Waals surface area contributed by atoms with Crippen molar-refractivity contribution >= 4 is 11.8 Å². The summed E-state index contributed by atoms with van der Waals surface area (Å²) in [6.45, 7) is 2.19. The Morgan fingerprint density at radius 2 is 2.08 bits per heavy atom. The molecular weight excluding hydrogens is 180 g/mol. The van der Waals surface area contributed by atoms with Gasteiger partial charge in [-0.15, -0.1) is 0 Å². The van der Waals surface area contributed by atoms with Gasteiger partial charge in [-0.3, -0.25) is 0 Å². The van der Waals surface area contributed by atoms with Gasteiger partial charge >= 0.3 is 0 Å². The Labute approximate surface area is 86.3 Å². The second-order valence-corrected chi connectivity index (χ2v) is 5.34. The zero-order chi connectivity index (χ0) is 9.52. The van der Waals surface area contributed by atoms with E-state index < -0.39 is 0 Å². The van der Waals surface area contributed by atoms with Crippen LogP contribution in [0, 0.1) is 5.92 Å². The van der Waals surface area contributed by atoms with E-state index in [-0.39, 0.29) is 6.10 Å². The lowest BCUT2D eigenvalue weighted by molar-refractivity contribution is 0.101. The third-order valence-corrected chi connectivity index (χ3v) is 3.92. The van der Waals surface area contributed by atoms with Crippen molar-refractivity contribution in [3.63, 3.8) is 0 Å². The minimum absolute atomic E-state index is 0.0000406. The highest BCUT2D eigenvalue weighted by Crippen LogP contribution is 2.29. The maximum Gasteiger partial charge on any atom is 0.0568 e. The molecule has 1 nitrogen and oxygen atoms in total. The van der Waals surface area contributed by atoms with Crippen LogP contribution in [0.15, 0.2) is 0 Å². The maximum absolute atomic E-state index is 9.84. The number of hydrogen-bond acceptors (Lipinski definition) is 2. The molecule has 1 aliphatic rings. The smallest absolute Gasteiger partial charge is 0.0568 e. The summed E-state index contributed by atoms with van der Waals surface area (Å²) >= 11 is 1.98. The van der Waals surface area contributed by atoms with Gasteiger partial charge in [-0.2, -0.15) is 11.8 Å². The van der Waals surface area contributed by atoms with Crippen LogP contribution < -0.4 is 0 Å². The largest absolute Gasteiger partial charge is 0.393 e. The van der Waals surface area contributed by atoms with E-state index in [1.807, 2.05) is 11.8 Å². The highest BCUT2D eigenvalue weighted by Gasteiger charge is 2.22. The first-order chi connectivity index (χ1) is 6.34. The second-order valence-electron chi connectivity index (χ2n) is 3.95. The zero-order valence-electron chi connectivity index (χ0n) is 8.67. The highest BCUT2D eigenvalue weighted by molar-refractivity contribution is 7.99. The van der Waals surface area contributed by atoms with Crippen molar-refractivity contribution in [2.75, 3.05) is 11.5 Å². The van der Waals surface area contributed by atoms with Crippen molar-refractivity contribution in [2.45, 2.75) is 51.6 Å². The summed E-state index contributed by atoms with van der Waals surface area (Å²) < 4.78 is 0. The van der Waals surface area contributed by atoms with Gasteiger partial charge in [0.15, 0.2) is 0 Å². The molecule has 0 aromatic rings. The van der Waals surface area contributed by atoms with Crippen LogP contribution >= 0.6 is 11.8 Å². The van der Waals surface area contributed by atoms with Crippen molar-refractivity contribution in [1.82, 2.24) is 0 Å². The van der Waals surface area contributed by atoms with Crippen molar-refractivity contribution < 1.29 is 5.11 Å². The number of aliphatic hydroxyl groups excluding tert-OH is 1. The molecule has 1 unspecified atom stereocenters. The monoisotopic (exact) mass is 202 g/mol. The fourth-order valence-corrected chi connectivity index (χ4v) is 2.78. The zero-order valence-corrected chi connectivity index (χ0v) is 9.48. The van der Waals surface area contributed by atoms with Gasteiger partial charge in [0.2, 0.25) is 0 Å². The fraction of sp³-hybridized carbons (Fsp3) is 1.00. The molecule has 1 saturated carbocycles. The van der Waals surface area contributed by atoms with Crippen LogP contribution in [0.5, 0.6) is 0 Å². The van der Waals surface area contributed by atoms with Gasteiger partial charge in [0, 0.05) is 0 Å². The summed E-state index contributed by atoms with van der Waals surface area (Å²) in [5.41, 5.74) is 0. The maximum atomic E-state index is 9.84. The molecule has 0 aromatic heterocycles. The lowest BCUT2D eigenvalue weighted by atomic mass is 9.97. The summed E-state index contributed by atoms with van der Waals surface area (Å²) in [6, 6.07) is 0. The Balaban J connectivity index is 1.99. The van der Waals surface area contributed by atoms with Crippen LogP contribution in [0.3, 0.4) is 0 Å². The Hall–Kier alpha value is 0.310. The minimum atomic E-state index is -0.0000406. The molecular formula is C11H22OS. The number of aliphatic hydroxyl groups is 1. The van der Waals surface area contributed by atoms with Crippen LogP contribution in [0.1, 0.15) is 45.4 Å². The molecule has 1 aliphatic carbocycles. The summed E-state index contributed by atoms with van der Waals surface area (Å²) in [5, 5.41) is 9.84. The van der Waals surface area contributed by atoms with E-state index in [0.29, 0.717) is 5.92 Å². The van der Waals surface area contributed by atoms with Crippen molar-refractivity contribution in [3.05, 3.63) is 0 Å². The molecule has 0 radical (unpaired) electrons. The van der Waals surface area contributed by atoms with E-state index in [1.165, 1.54) is 43.6 Å². The Morgan fingerprint density at radius 1 is 1.38 bits per heavy atom. The molecule has 78 valence electrons. The standard InChI is InChI=1S/C11H22OS/c1-2-13-9-5-8-11(12)10-6-3-4-7-10/h10-12H,2-9H2,1H3. The molecule has 1 rings (SSSR count). The molecule has 0 aliphatic heterocycles. The van der Waals surface area contributed by atoms with Gasteiger partial charge in [0.25, 0.3) is 0 Å². The van der Waals surface area contributed by atoms with E-state index in [0.717, 1.165) is 6.42 Å². The van der Waals surface area contributed by atoms with Crippen LogP contribution in [0.4, 0.5) is 0 Å². The third-order valence-electron chi connectivity index (χ3n) is 2.94. The van der Waals surface area contributed by atoms with Crippen LogP contribution in [0.25, 0.3) is 0 Å². The Kier molecular flexibility index (Phi) is 5.88. The minimum Gasteiger partial charge on any atom is -0.393 e. The van der Waals surface area contributed by atoms with Crippen molar-refractivity contribution in [2.24, 2.45) is 5.92 Å². The fourth-order valence-electron chi connectivity index (χ4n) is 2.12. The van der Waals surface area contributed by atoms with Crippen molar-refractivity contribution in [3.8, 4) is 0 Å².